The first-order valence-electron chi connectivity index (χ1n) is 6.61. The van der Waals surface area contributed by atoms with E-state index in [0.29, 0.717) is 10.0 Å². The number of carbonyl (C=O) groups is 1. The maximum atomic E-state index is 12.4. The second kappa shape index (κ2) is 5.31. The molecule has 0 radical (unpaired) electrons. The molecule has 0 aromatic heterocycles. The highest BCUT2D eigenvalue weighted by Crippen LogP contribution is 2.50. The highest BCUT2D eigenvalue weighted by Gasteiger charge is 2.46. The molecule has 1 aromatic rings. The summed E-state index contributed by atoms with van der Waals surface area (Å²) in [5.41, 5.74) is 1.06. The number of hydrogen-bond donors (Lipinski definition) is 1. The molecule has 1 saturated carbocycles. The third-order valence-corrected chi connectivity index (χ3v) is 4.46. The fraction of sp³-hybridized carbons (Fsp3) is 0.500. The van der Waals surface area contributed by atoms with Crippen molar-refractivity contribution in [2.24, 2.45) is 5.92 Å². The zero-order chi connectivity index (χ0) is 13.4. The number of benzene rings is 1. The van der Waals surface area contributed by atoms with Gasteiger partial charge in [0, 0.05) is 42.1 Å². The van der Waals surface area contributed by atoms with E-state index in [1.54, 1.807) is 6.07 Å². The second-order valence-electron chi connectivity index (χ2n) is 5.19. The number of hydrogen-bond acceptors (Lipinski definition) is 2. The van der Waals surface area contributed by atoms with Gasteiger partial charge in [0.15, 0.2) is 0 Å². The Morgan fingerprint density at radius 2 is 2.00 bits per heavy atom. The van der Waals surface area contributed by atoms with Crippen LogP contribution in [-0.2, 0) is 4.79 Å². The van der Waals surface area contributed by atoms with Gasteiger partial charge in [-0.15, -0.1) is 0 Å². The molecular formula is C14H16Cl2N2O. The van der Waals surface area contributed by atoms with Crippen LogP contribution in [0.5, 0.6) is 0 Å². The summed E-state index contributed by atoms with van der Waals surface area (Å²) in [7, 11) is 0. The molecule has 5 heteroatoms. The van der Waals surface area contributed by atoms with E-state index in [1.807, 2.05) is 17.0 Å². The van der Waals surface area contributed by atoms with Crippen LogP contribution in [0.2, 0.25) is 10.0 Å². The van der Waals surface area contributed by atoms with Gasteiger partial charge in [-0.1, -0.05) is 29.3 Å². The van der Waals surface area contributed by atoms with Crippen molar-refractivity contribution < 1.29 is 4.79 Å². The third-order valence-electron chi connectivity index (χ3n) is 3.90. The van der Waals surface area contributed by atoms with Gasteiger partial charge in [0.25, 0.3) is 0 Å². The summed E-state index contributed by atoms with van der Waals surface area (Å²) in [4.78, 5) is 14.3. The molecule has 1 aliphatic heterocycles. The van der Waals surface area contributed by atoms with Crippen LogP contribution in [0.4, 0.5) is 0 Å². The van der Waals surface area contributed by atoms with E-state index < -0.39 is 0 Å². The number of halogens is 2. The van der Waals surface area contributed by atoms with Crippen molar-refractivity contribution in [3.8, 4) is 0 Å². The smallest absolute Gasteiger partial charge is 0.226 e. The lowest BCUT2D eigenvalue weighted by molar-refractivity contribution is -0.133. The van der Waals surface area contributed by atoms with E-state index in [2.05, 4.69) is 5.32 Å². The Morgan fingerprint density at radius 3 is 2.68 bits per heavy atom. The standard InChI is InChI=1S/C14H16Cl2N2O/c15-9-1-2-10(13(16)7-9)11-8-12(11)14(19)18-5-3-17-4-6-18/h1-2,7,11-12,17H,3-6,8H2/t11-,12-/m1/s1. The molecule has 1 saturated heterocycles. The third kappa shape index (κ3) is 2.73. The van der Waals surface area contributed by atoms with Crippen LogP contribution < -0.4 is 5.32 Å². The van der Waals surface area contributed by atoms with Crippen LogP contribution >= 0.6 is 23.2 Å². The lowest BCUT2D eigenvalue weighted by atomic mass is 10.1. The van der Waals surface area contributed by atoms with Crippen molar-refractivity contribution in [3.05, 3.63) is 33.8 Å². The van der Waals surface area contributed by atoms with E-state index >= 15 is 0 Å². The van der Waals surface area contributed by atoms with Gasteiger partial charge in [-0.25, -0.2) is 0 Å². The van der Waals surface area contributed by atoms with Crippen LogP contribution in [0.1, 0.15) is 17.9 Å². The Labute approximate surface area is 122 Å². The number of nitrogens with one attached hydrogen (secondary N) is 1. The first-order chi connectivity index (χ1) is 9.16. The maximum absolute atomic E-state index is 12.4. The van der Waals surface area contributed by atoms with Crippen molar-refractivity contribution in [2.75, 3.05) is 26.2 Å². The molecule has 3 nitrogen and oxygen atoms in total. The Morgan fingerprint density at radius 1 is 1.26 bits per heavy atom. The fourth-order valence-corrected chi connectivity index (χ4v) is 3.28. The molecule has 1 heterocycles. The summed E-state index contributed by atoms with van der Waals surface area (Å²) in [5.74, 6) is 0.654. The maximum Gasteiger partial charge on any atom is 0.226 e. The summed E-state index contributed by atoms with van der Waals surface area (Å²) in [6, 6.07) is 5.54. The monoisotopic (exact) mass is 298 g/mol. The highest BCUT2D eigenvalue weighted by molar-refractivity contribution is 6.35. The van der Waals surface area contributed by atoms with Crippen molar-refractivity contribution in [3.63, 3.8) is 0 Å². The normalized spacial score (nSPS) is 26.3. The first kappa shape index (κ1) is 13.2. The molecule has 1 aliphatic carbocycles. The molecule has 3 rings (SSSR count). The van der Waals surface area contributed by atoms with Gasteiger partial charge in [-0.05, 0) is 30.0 Å². The van der Waals surface area contributed by atoms with Gasteiger partial charge in [-0.3, -0.25) is 4.79 Å². The molecule has 1 N–H and O–H groups in total. The van der Waals surface area contributed by atoms with E-state index in [4.69, 9.17) is 23.2 Å². The van der Waals surface area contributed by atoms with Crippen molar-refractivity contribution >= 4 is 29.1 Å². The van der Waals surface area contributed by atoms with Crippen LogP contribution in [0.3, 0.4) is 0 Å². The SMILES string of the molecule is O=C([C@@H]1C[C@@H]1c1ccc(Cl)cc1Cl)N1CCNCC1. The Hall–Kier alpha value is -0.770. The average molecular weight is 299 g/mol. The van der Waals surface area contributed by atoms with E-state index in [0.717, 1.165) is 38.2 Å². The quantitative estimate of drug-likeness (QED) is 0.910. The molecule has 0 bridgehead atoms. The molecule has 102 valence electrons. The van der Waals surface area contributed by atoms with Crippen molar-refractivity contribution in [2.45, 2.75) is 12.3 Å². The molecular weight excluding hydrogens is 283 g/mol. The fourth-order valence-electron chi connectivity index (χ4n) is 2.73. The molecule has 1 aromatic carbocycles. The summed E-state index contributed by atoms with van der Waals surface area (Å²) in [6.07, 6.45) is 0.907. The molecule has 2 atom stereocenters. The zero-order valence-electron chi connectivity index (χ0n) is 10.5. The minimum Gasteiger partial charge on any atom is -0.340 e. The molecule has 2 fully saturated rings. The number of nitrogens with zero attached hydrogens (tertiary/aromatic N) is 1. The van der Waals surface area contributed by atoms with Gasteiger partial charge >= 0.3 is 0 Å². The van der Waals surface area contributed by atoms with Gasteiger partial charge < -0.3 is 10.2 Å². The summed E-state index contributed by atoms with van der Waals surface area (Å²) < 4.78 is 0. The van der Waals surface area contributed by atoms with E-state index in [9.17, 15) is 4.79 Å². The van der Waals surface area contributed by atoms with Crippen molar-refractivity contribution in [1.82, 2.24) is 10.2 Å². The second-order valence-corrected chi connectivity index (χ2v) is 6.03. The van der Waals surface area contributed by atoms with Crippen LogP contribution in [0.25, 0.3) is 0 Å². The molecule has 1 amide bonds. The number of carbonyl (C=O) groups excluding carboxylic acids is 1. The molecule has 0 spiro atoms. The predicted octanol–water partition coefficient (Wildman–Crippen LogP) is 2.53. The minimum absolute atomic E-state index is 0.108. The topological polar surface area (TPSA) is 32.3 Å². The lowest BCUT2D eigenvalue weighted by Crippen LogP contribution is -2.47. The van der Waals surface area contributed by atoms with Gasteiger partial charge in [-0.2, -0.15) is 0 Å². The summed E-state index contributed by atoms with van der Waals surface area (Å²) in [5, 5.41) is 4.57. The summed E-state index contributed by atoms with van der Waals surface area (Å²) >= 11 is 12.1. The molecule has 19 heavy (non-hydrogen) atoms. The molecule has 0 unspecified atom stereocenters. The largest absolute Gasteiger partial charge is 0.340 e. The van der Waals surface area contributed by atoms with Crippen molar-refractivity contribution in [1.29, 1.82) is 0 Å². The van der Waals surface area contributed by atoms with Gasteiger partial charge in [0.1, 0.15) is 0 Å². The lowest BCUT2D eigenvalue weighted by Gasteiger charge is -2.27. The van der Waals surface area contributed by atoms with E-state index in [1.165, 1.54) is 0 Å². The first-order valence-corrected chi connectivity index (χ1v) is 7.37. The number of amides is 1. The number of rotatable bonds is 2. The van der Waals surface area contributed by atoms with Crippen LogP contribution in [0, 0.1) is 5.92 Å². The Bertz CT molecular complexity index is 500. The van der Waals surface area contributed by atoms with Crippen LogP contribution in [0.15, 0.2) is 18.2 Å². The molecule has 2 aliphatic rings. The minimum atomic E-state index is 0.108. The van der Waals surface area contributed by atoms with Crippen LogP contribution in [-0.4, -0.2) is 37.0 Å². The van der Waals surface area contributed by atoms with Gasteiger partial charge in [0.05, 0.1) is 0 Å². The predicted molar refractivity (Wildman–Crippen MR) is 76.8 cm³/mol. The Balaban J connectivity index is 1.68. The van der Waals surface area contributed by atoms with E-state index in [-0.39, 0.29) is 17.7 Å². The zero-order valence-corrected chi connectivity index (χ0v) is 12.0. The van der Waals surface area contributed by atoms with Gasteiger partial charge in [0.2, 0.25) is 5.91 Å². The number of piperazine rings is 1. The highest BCUT2D eigenvalue weighted by atomic mass is 35.5. The summed E-state index contributed by atoms with van der Waals surface area (Å²) in [6.45, 7) is 3.42. The Kier molecular flexibility index (Phi) is 3.70. The average Bonchev–Trinajstić information content (AvgIpc) is 3.19.